The van der Waals surface area contributed by atoms with Gasteiger partial charge in [-0.15, -0.1) is 28.9 Å². The van der Waals surface area contributed by atoms with Gasteiger partial charge in [-0.2, -0.15) is 0 Å². The van der Waals surface area contributed by atoms with Gasteiger partial charge in [-0.25, -0.2) is 0 Å². The predicted molar refractivity (Wildman–Crippen MR) is 156 cm³/mol. The molecule has 0 saturated heterocycles. The summed E-state index contributed by atoms with van der Waals surface area (Å²) in [5.74, 6) is -0.0625. The fourth-order valence-electron chi connectivity index (χ4n) is 4.64. The van der Waals surface area contributed by atoms with E-state index in [2.05, 4.69) is 97.9 Å². The Morgan fingerprint density at radius 1 is 0.842 bits per heavy atom. The number of thiophene rings is 1. The van der Waals surface area contributed by atoms with Crippen LogP contribution in [0.15, 0.2) is 103 Å². The number of allylic oxidation sites excluding steroid dienone is 2. The van der Waals surface area contributed by atoms with Crippen molar-refractivity contribution in [2.45, 2.75) is 20.8 Å². The maximum Gasteiger partial charge on any atom is 0.155 e. The van der Waals surface area contributed by atoms with Gasteiger partial charge in [0.2, 0.25) is 0 Å². The number of benzene rings is 4. The largest absolute Gasteiger partial charge is 0.512 e. The molecular formula is C33H26IrNO2S-. The van der Waals surface area contributed by atoms with Crippen molar-refractivity contribution in [2.24, 2.45) is 0 Å². The molecule has 0 aliphatic heterocycles. The molecule has 0 unspecified atom stereocenters. The number of fused-ring (bicyclic) bond motifs is 4. The zero-order valence-electron chi connectivity index (χ0n) is 21.3. The van der Waals surface area contributed by atoms with E-state index in [1.807, 2.05) is 17.5 Å². The van der Waals surface area contributed by atoms with Crippen molar-refractivity contribution in [3.05, 3.63) is 115 Å². The number of carbonyl (C=O) groups excluding carboxylic acids is 1. The van der Waals surface area contributed by atoms with E-state index < -0.39 is 0 Å². The molecule has 6 aromatic rings. The summed E-state index contributed by atoms with van der Waals surface area (Å²) in [6.07, 6.45) is 3.10. The molecule has 191 valence electrons. The fourth-order valence-corrected chi connectivity index (χ4v) is 5.94. The Kier molecular flexibility index (Phi) is 8.53. The van der Waals surface area contributed by atoms with Crippen molar-refractivity contribution in [2.75, 3.05) is 0 Å². The molecule has 4 aromatic carbocycles. The first kappa shape index (κ1) is 27.4. The summed E-state index contributed by atoms with van der Waals surface area (Å²) < 4.78 is 1.23. The summed E-state index contributed by atoms with van der Waals surface area (Å²) >= 11 is 1.83. The molecule has 5 heteroatoms. The van der Waals surface area contributed by atoms with Gasteiger partial charge >= 0.3 is 0 Å². The van der Waals surface area contributed by atoms with Gasteiger partial charge in [-0.3, -0.25) is 9.78 Å². The van der Waals surface area contributed by atoms with Crippen LogP contribution in [-0.4, -0.2) is 15.9 Å². The number of rotatable bonds is 3. The number of aromatic nitrogens is 1. The van der Waals surface area contributed by atoms with Crippen molar-refractivity contribution in [3.63, 3.8) is 0 Å². The molecular weight excluding hydrogens is 667 g/mol. The average Bonchev–Trinajstić information content (AvgIpc) is 3.25. The van der Waals surface area contributed by atoms with Crippen LogP contribution < -0.4 is 0 Å². The van der Waals surface area contributed by atoms with Crippen LogP contribution in [0.25, 0.3) is 53.3 Å². The van der Waals surface area contributed by atoms with E-state index in [1.165, 1.54) is 62.2 Å². The van der Waals surface area contributed by atoms with Gasteiger partial charge in [-0.05, 0) is 43.4 Å². The van der Waals surface area contributed by atoms with E-state index >= 15 is 0 Å². The van der Waals surface area contributed by atoms with E-state index in [4.69, 9.17) is 10.1 Å². The quantitative estimate of drug-likeness (QED) is 0.0872. The molecule has 0 amide bonds. The number of ketones is 1. The SMILES string of the molecule is CC(=O)/C=C(/C)O.Cc1c(-c2ccccc2)sc2c(-c3[c-]c4ccccc4c4ccccc34)nccc12.[Ir]. The number of hydrogen-bond donors (Lipinski definition) is 1. The summed E-state index contributed by atoms with van der Waals surface area (Å²) in [6.45, 7) is 5.06. The van der Waals surface area contributed by atoms with E-state index in [1.54, 1.807) is 0 Å². The van der Waals surface area contributed by atoms with Gasteiger partial charge in [0.15, 0.2) is 5.78 Å². The molecule has 0 atom stereocenters. The summed E-state index contributed by atoms with van der Waals surface area (Å²) in [6, 6.07) is 33.5. The number of hydrogen-bond acceptors (Lipinski definition) is 4. The number of aliphatic hydroxyl groups is 1. The molecule has 0 bridgehead atoms. The van der Waals surface area contributed by atoms with E-state index in [0.29, 0.717) is 0 Å². The molecule has 0 aliphatic rings. The van der Waals surface area contributed by atoms with E-state index in [0.717, 1.165) is 16.6 Å². The van der Waals surface area contributed by atoms with Gasteiger partial charge in [0, 0.05) is 47.6 Å². The molecule has 38 heavy (non-hydrogen) atoms. The second-order valence-corrected chi connectivity index (χ2v) is 9.97. The summed E-state index contributed by atoms with van der Waals surface area (Å²) in [5, 5.41) is 14.4. The van der Waals surface area contributed by atoms with Crippen molar-refractivity contribution in [1.82, 2.24) is 4.98 Å². The fraction of sp³-hybridized carbons (Fsp3) is 0.0909. The van der Waals surface area contributed by atoms with Gasteiger partial charge in [-0.1, -0.05) is 94.5 Å². The van der Waals surface area contributed by atoms with Crippen LogP contribution >= 0.6 is 11.3 Å². The minimum Gasteiger partial charge on any atom is -0.512 e. The maximum atomic E-state index is 10.0. The van der Waals surface area contributed by atoms with Crippen molar-refractivity contribution < 1.29 is 30.0 Å². The minimum atomic E-state index is -0.125. The van der Waals surface area contributed by atoms with Crippen LogP contribution in [0.2, 0.25) is 0 Å². The van der Waals surface area contributed by atoms with Crippen molar-refractivity contribution >= 4 is 48.8 Å². The van der Waals surface area contributed by atoms with Crippen LogP contribution in [-0.2, 0) is 24.9 Å². The van der Waals surface area contributed by atoms with Crippen molar-refractivity contribution in [1.29, 1.82) is 0 Å². The first-order chi connectivity index (χ1) is 17.9. The third-order valence-electron chi connectivity index (χ3n) is 6.21. The normalized spacial score (nSPS) is 11.2. The van der Waals surface area contributed by atoms with Crippen LogP contribution in [0, 0.1) is 13.0 Å². The zero-order valence-corrected chi connectivity index (χ0v) is 24.5. The van der Waals surface area contributed by atoms with Crippen LogP contribution in [0.4, 0.5) is 0 Å². The monoisotopic (exact) mass is 693 g/mol. The number of aryl methyl sites for hydroxylation is 1. The number of nitrogens with zero attached hydrogens (tertiary/aromatic N) is 1. The Balaban J connectivity index is 0.000000375. The third-order valence-corrected chi connectivity index (χ3v) is 7.57. The molecule has 0 fully saturated rings. The van der Waals surface area contributed by atoms with Crippen LogP contribution in [0.5, 0.6) is 0 Å². The Morgan fingerprint density at radius 2 is 1.47 bits per heavy atom. The summed E-state index contributed by atoms with van der Waals surface area (Å²) in [7, 11) is 0. The number of pyridine rings is 1. The van der Waals surface area contributed by atoms with Crippen LogP contribution in [0.3, 0.4) is 0 Å². The molecule has 6 rings (SSSR count). The number of carbonyl (C=O) groups is 1. The molecule has 1 radical (unpaired) electrons. The van der Waals surface area contributed by atoms with Gasteiger partial charge in [0.25, 0.3) is 0 Å². The first-order valence-corrected chi connectivity index (χ1v) is 12.9. The Labute approximate surface area is 239 Å². The smallest absolute Gasteiger partial charge is 0.155 e. The molecule has 3 nitrogen and oxygen atoms in total. The molecule has 1 N–H and O–H groups in total. The zero-order chi connectivity index (χ0) is 25.9. The molecule has 0 saturated carbocycles. The Hall–Kier alpha value is -3.63. The van der Waals surface area contributed by atoms with E-state index in [9.17, 15) is 4.79 Å². The van der Waals surface area contributed by atoms with Gasteiger partial charge in [0.05, 0.1) is 5.76 Å². The second-order valence-electron chi connectivity index (χ2n) is 8.95. The second kappa shape index (κ2) is 11.8. The first-order valence-electron chi connectivity index (χ1n) is 12.1. The molecule has 0 spiro atoms. The maximum absolute atomic E-state index is 10.0. The Bertz CT molecular complexity index is 1780. The van der Waals surface area contributed by atoms with Crippen molar-refractivity contribution in [3.8, 4) is 21.7 Å². The van der Waals surface area contributed by atoms with Gasteiger partial charge < -0.3 is 5.11 Å². The van der Waals surface area contributed by atoms with Crippen LogP contribution in [0.1, 0.15) is 19.4 Å². The minimum absolute atomic E-state index is 0. The third kappa shape index (κ3) is 5.46. The predicted octanol–water partition coefficient (Wildman–Crippen LogP) is 9.08. The van der Waals surface area contributed by atoms with E-state index in [-0.39, 0.29) is 31.6 Å². The summed E-state index contributed by atoms with van der Waals surface area (Å²) in [4.78, 5) is 16.2. The molecule has 0 aliphatic carbocycles. The summed E-state index contributed by atoms with van der Waals surface area (Å²) in [5.41, 5.74) is 4.67. The Morgan fingerprint density at radius 3 is 2.13 bits per heavy atom. The number of aliphatic hydroxyl groups excluding tert-OH is 1. The molecule has 2 heterocycles. The topological polar surface area (TPSA) is 50.2 Å². The standard InChI is InChI=1S/C28H18NS.C5H8O2.Ir/c1-18-21-15-16-29-26(28(21)30-27(18)19-9-3-2-4-10-19)25-17-20-11-5-6-12-22(20)23-13-7-8-14-24(23)25;1-4(6)3-5(2)7;/h2-16H,1H3;3,6H,1-2H3;/q-1;;/b;4-3-;. The van der Waals surface area contributed by atoms with Gasteiger partial charge in [0.1, 0.15) is 0 Å². The molecule has 2 aromatic heterocycles. The average molecular weight is 693 g/mol.